The second-order valence-electron chi connectivity index (χ2n) is 6.81. The van der Waals surface area contributed by atoms with Gasteiger partial charge in [0.05, 0.1) is 0 Å². The van der Waals surface area contributed by atoms with Gasteiger partial charge in [-0.2, -0.15) is 0 Å². The van der Waals surface area contributed by atoms with Gasteiger partial charge in [0.2, 0.25) is 5.91 Å². The van der Waals surface area contributed by atoms with Crippen LogP contribution in [0.5, 0.6) is 0 Å². The average molecular weight is 351 g/mol. The van der Waals surface area contributed by atoms with Crippen molar-refractivity contribution in [3.05, 3.63) is 59.9 Å². The molecule has 0 saturated carbocycles. The third kappa shape index (κ3) is 2.86. The quantitative estimate of drug-likeness (QED) is 0.844. The van der Waals surface area contributed by atoms with Gasteiger partial charge in [0.1, 0.15) is 6.61 Å². The SMILES string of the molecule is COCC(=O)N1CC(C2CN(C(=O)c3ccncc3)c3ccccc32)C1. The van der Waals surface area contributed by atoms with Gasteiger partial charge in [0.15, 0.2) is 0 Å². The Labute approximate surface area is 152 Å². The number of aromatic nitrogens is 1. The maximum Gasteiger partial charge on any atom is 0.258 e. The van der Waals surface area contributed by atoms with Crippen LogP contribution in [0.3, 0.4) is 0 Å². The topological polar surface area (TPSA) is 62.7 Å². The molecule has 6 heteroatoms. The van der Waals surface area contributed by atoms with Crippen molar-refractivity contribution >= 4 is 17.5 Å². The highest BCUT2D eigenvalue weighted by atomic mass is 16.5. The van der Waals surface area contributed by atoms with E-state index in [1.165, 1.54) is 12.7 Å². The Kier molecular flexibility index (Phi) is 4.42. The normalized spacial score (nSPS) is 19.2. The average Bonchev–Trinajstić information content (AvgIpc) is 3.00. The molecule has 4 rings (SSSR count). The van der Waals surface area contributed by atoms with Crippen molar-refractivity contribution in [2.45, 2.75) is 5.92 Å². The number of methoxy groups -OCH3 is 1. The van der Waals surface area contributed by atoms with Crippen molar-refractivity contribution in [2.24, 2.45) is 5.92 Å². The van der Waals surface area contributed by atoms with E-state index in [1.54, 1.807) is 24.5 Å². The van der Waals surface area contributed by atoms with Crippen molar-refractivity contribution < 1.29 is 14.3 Å². The number of hydrogen-bond donors (Lipinski definition) is 0. The minimum Gasteiger partial charge on any atom is -0.375 e. The van der Waals surface area contributed by atoms with E-state index in [0.29, 0.717) is 18.0 Å². The number of amides is 2. The Bertz CT molecular complexity index is 818. The smallest absolute Gasteiger partial charge is 0.258 e. The molecule has 134 valence electrons. The summed E-state index contributed by atoms with van der Waals surface area (Å²) in [7, 11) is 1.53. The Morgan fingerprint density at radius 1 is 1.12 bits per heavy atom. The molecule has 1 aromatic heterocycles. The van der Waals surface area contributed by atoms with Crippen LogP contribution in [0.4, 0.5) is 5.69 Å². The zero-order valence-corrected chi connectivity index (χ0v) is 14.7. The summed E-state index contributed by atoms with van der Waals surface area (Å²) < 4.78 is 4.93. The van der Waals surface area contributed by atoms with E-state index < -0.39 is 0 Å². The zero-order chi connectivity index (χ0) is 18.1. The van der Waals surface area contributed by atoms with E-state index >= 15 is 0 Å². The van der Waals surface area contributed by atoms with Gasteiger partial charge >= 0.3 is 0 Å². The highest BCUT2D eigenvalue weighted by Gasteiger charge is 2.42. The second kappa shape index (κ2) is 6.88. The minimum absolute atomic E-state index is 0.00557. The lowest BCUT2D eigenvalue weighted by atomic mass is 9.82. The van der Waals surface area contributed by atoms with Gasteiger partial charge in [-0.15, -0.1) is 0 Å². The molecular formula is C20H21N3O3. The predicted molar refractivity (Wildman–Crippen MR) is 97.0 cm³/mol. The maximum absolute atomic E-state index is 13.0. The van der Waals surface area contributed by atoms with E-state index in [2.05, 4.69) is 11.1 Å². The number of fused-ring (bicyclic) bond motifs is 1. The van der Waals surface area contributed by atoms with E-state index in [-0.39, 0.29) is 24.3 Å². The summed E-state index contributed by atoms with van der Waals surface area (Å²) in [5, 5.41) is 0. The molecule has 2 amide bonds. The summed E-state index contributed by atoms with van der Waals surface area (Å²) in [6.45, 7) is 2.22. The molecule has 26 heavy (non-hydrogen) atoms. The lowest BCUT2D eigenvalue weighted by Crippen LogP contribution is -2.53. The van der Waals surface area contributed by atoms with E-state index in [0.717, 1.165) is 18.8 Å². The van der Waals surface area contributed by atoms with Crippen molar-refractivity contribution in [3.8, 4) is 0 Å². The Morgan fingerprint density at radius 3 is 2.58 bits per heavy atom. The molecular weight excluding hydrogens is 330 g/mol. The molecule has 1 aromatic carbocycles. The number of carbonyl (C=O) groups is 2. The van der Waals surface area contributed by atoms with Crippen LogP contribution in [0.25, 0.3) is 0 Å². The minimum atomic E-state index is -0.00557. The summed E-state index contributed by atoms with van der Waals surface area (Å²) in [5.41, 5.74) is 2.81. The maximum atomic E-state index is 13.0. The van der Waals surface area contributed by atoms with E-state index in [9.17, 15) is 9.59 Å². The molecule has 1 atom stereocenters. The van der Waals surface area contributed by atoms with Crippen LogP contribution in [0.15, 0.2) is 48.8 Å². The van der Waals surface area contributed by atoms with Crippen LogP contribution in [-0.2, 0) is 9.53 Å². The largest absolute Gasteiger partial charge is 0.375 e. The van der Waals surface area contributed by atoms with Crippen molar-refractivity contribution in [1.29, 1.82) is 0 Å². The molecule has 2 aliphatic rings. The molecule has 3 heterocycles. The van der Waals surface area contributed by atoms with E-state index in [4.69, 9.17) is 4.74 Å². The monoisotopic (exact) mass is 351 g/mol. The summed E-state index contributed by atoms with van der Waals surface area (Å²) >= 11 is 0. The van der Waals surface area contributed by atoms with Crippen LogP contribution in [0.2, 0.25) is 0 Å². The van der Waals surface area contributed by atoms with Crippen LogP contribution in [0.1, 0.15) is 21.8 Å². The summed E-state index contributed by atoms with van der Waals surface area (Å²) in [6, 6.07) is 11.6. The Morgan fingerprint density at radius 2 is 1.85 bits per heavy atom. The summed E-state index contributed by atoms with van der Waals surface area (Å²) in [5.74, 6) is 0.643. The fraction of sp³-hybridized carbons (Fsp3) is 0.350. The van der Waals surface area contributed by atoms with Gasteiger partial charge in [-0.1, -0.05) is 18.2 Å². The fourth-order valence-corrected chi connectivity index (χ4v) is 3.87. The molecule has 2 aliphatic heterocycles. The number of rotatable bonds is 4. The molecule has 1 saturated heterocycles. The Hall–Kier alpha value is -2.73. The summed E-state index contributed by atoms with van der Waals surface area (Å²) in [4.78, 5) is 32.5. The molecule has 0 radical (unpaired) electrons. The number of anilines is 1. The van der Waals surface area contributed by atoms with Crippen molar-refractivity contribution in [1.82, 2.24) is 9.88 Å². The zero-order valence-electron chi connectivity index (χ0n) is 14.7. The number of para-hydroxylation sites is 1. The first kappa shape index (κ1) is 16.7. The molecule has 2 aromatic rings. The van der Waals surface area contributed by atoms with Gasteiger partial charge in [0, 0.05) is 62.2 Å². The number of nitrogens with zero attached hydrogens (tertiary/aromatic N) is 3. The number of carbonyl (C=O) groups excluding carboxylic acids is 2. The van der Waals surface area contributed by atoms with Gasteiger partial charge in [-0.3, -0.25) is 14.6 Å². The standard InChI is InChI=1S/C20H21N3O3/c1-26-13-19(24)22-10-15(11-22)17-12-23(18-5-3-2-4-16(17)18)20(25)14-6-8-21-9-7-14/h2-9,15,17H,10-13H2,1H3. The molecule has 0 N–H and O–H groups in total. The van der Waals surface area contributed by atoms with Crippen LogP contribution in [0, 0.1) is 5.92 Å². The number of hydrogen-bond acceptors (Lipinski definition) is 4. The predicted octanol–water partition coefficient (Wildman–Crippen LogP) is 1.93. The molecule has 0 spiro atoms. The lowest BCUT2D eigenvalue weighted by molar-refractivity contribution is -0.142. The number of likely N-dealkylation sites (tertiary alicyclic amines) is 1. The van der Waals surface area contributed by atoms with E-state index in [1.807, 2.05) is 28.0 Å². The first-order valence-corrected chi connectivity index (χ1v) is 8.76. The van der Waals surface area contributed by atoms with Gasteiger partial charge < -0.3 is 14.5 Å². The highest BCUT2D eigenvalue weighted by molar-refractivity contribution is 6.07. The first-order valence-electron chi connectivity index (χ1n) is 8.76. The molecule has 0 bridgehead atoms. The third-order valence-corrected chi connectivity index (χ3v) is 5.28. The molecule has 1 fully saturated rings. The summed E-state index contributed by atoms with van der Waals surface area (Å²) in [6.07, 6.45) is 3.27. The number of pyridine rings is 1. The van der Waals surface area contributed by atoms with Crippen molar-refractivity contribution in [2.75, 3.05) is 38.3 Å². The highest BCUT2D eigenvalue weighted by Crippen LogP contribution is 2.43. The van der Waals surface area contributed by atoms with Gasteiger partial charge in [-0.25, -0.2) is 0 Å². The number of ether oxygens (including phenoxy) is 1. The molecule has 0 aliphatic carbocycles. The van der Waals surface area contributed by atoms with Crippen LogP contribution >= 0.6 is 0 Å². The Balaban J connectivity index is 1.53. The lowest BCUT2D eigenvalue weighted by Gasteiger charge is -2.42. The number of benzene rings is 1. The molecule has 6 nitrogen and oxygen atoms in total. The fourth-order valence-electron chi connectivity index (χ4n) is 3.87. The van der Waals surface area contributed by atoms with Crippen LogP contribution < -0.4 is 4.90 Å². The first-order chi connectivity index (χ1) is 12.7. The second-order valence-corrected chi connectivity index (χ2v) is 6.81. The third-order valence-electron chi connectivity index (χ3n) is 5.28. The van der Waals surface area contributed by atoms with Crippen molar-refractivity contribution in [3.63, 3.8) is 0 Å². The molecule has 1 unspecified atom stereocenters. The van der Waals surface area contributed by atoms with Gasteiger partial charge in [-0.05, 0) is 23.8 Å². The van der Waals surface area contributed by atoms with Crippen LogP contribution in [-0.4, -0.2) is 55.0 Å². The van der Waals surface area contributed by atoms with Gasteiger partial charge in [0.25, 0.3) is 5.91 Å².